The summed E-state index contributed by atoms with van der Waals surface area (Å²) in [5.41, 5.74) is 2.00. The van der Waals surface area contributed by atoms with Crippen molar-refractivity contribution in [1.29, 1.82) is 0 Å². The Bertz CT molecular complexity index is 1200. The zero-order chi connectivity index (χ0) is 30.9. The number of carbonyl (C=O) groups excluding carboxylic acids is 1. The van der Waals surface area contributed by atoms with E-state index in [1.54, 1.807) is 24.3 Å². The second kappa shape index (κ2) is 18.4. The normalized spacial score (nSPS) is 12.3. The SMILES string of the molecule is CCCCCCCCCCc1cnc(-c2ccc(OC(=O)c3ccc(C(OCCCCCC)C(F)(F)F)cc3)cc2)nc1. The number of alkyl halides is 3. The number of aromatic nitrogens is 2. The number of unbranched alkanes of at least 4 members (excludes halogenated alkanes) is 10. The van der Waals surface area contributed by atoms with Crippen LogP contribution in [-0.2, 0) is 11.2 Å². The second-order valence-corrected chi connectivity index (χ2v) is 11.0. The molecule has 3 rings (SSSR count). The topological polar surface area (TPSA) is 61.3 Å². The van der Waals surface area contributed by atoms with Crippen LogP contribution in [0.2, 0.25) is 0 Å². The molecule has 1 heterocycles. The van der Waals surface area contributed by atoms with E-state index in [0.29, 0.717) is 18.0 Å². The monoisotopic (exact) mass is 598 g/mol. The highest BCUT2D eigenvalue weighted by Gasteiger charge is 2.41. The average Bonchev–Trinajstić information content (AvgIpc) is 3.00. The Kier molecular flexibility index (Phi) is 14.7. The largest absolute Gasteiger partial charge is 0.423 e. The number of hydrogen-bond acceptors (Lipinski definition) is 5. The molecule has 5 nitrogen and oxygen atoms in total. The molecule has 0 aliphatic carbocycles. The van der Waals surface area contributed by atoms with Gasteiger partial charge in [0.25, 0.3) is 0 Å². The van der Waals surface area contributed by atoms with Crippen LogP contribution in [0.4, 0.5) is 13.2 Å². The van der Waals surface area contributed by atoms with Crippen LogP contribution in [0.3, 0.4) is 0 Å². The number of carbonyl (C=O) groups is 1. The smallest absolute Gasteiger partial charge is 0.418 e. The molecule has 0 amide bonds. The van der Waals surface area contributed by atoms with Crippen molar-refractivity contribution in [3.63, 3.8) is 0 Å². The van der Waals surface area contributed by atoms with Gasteiger partial charge in [-0.15, -0.1) is 0 Å². The van der Waals surface area contributed by atoms with Crippen molar-refractivity contribution in [2.75, 3.05) is 6.61 Å². The van der Waals surface area contributed by atoms with Crippen LogP contribution in [0.25, 0.3) is 11.4 Å². The molecule has 3 aromatic rings. The Labute approximate surface area is 254 Å². The molecule has 0 fully saturated rings. The fourth-order valence-corrected chi connectivity index (χ4v) is 4.84. The van der Waals surface area contributed by atoms with Crippen molar-refractivity contribution in [2.45, 2.75) is 110 Å². The molecule has 0 radical (unpaired) electrons. The van der Waals surface area contributed by atoms with Crippen molar-refractivity contribution < 1.29 is 27.4 Å². The van der Waals surface area contributed by atoms with Crippen LogP contribution in [0.5, 0.6) is 5.75 Å². The first-order valence-corrected chi connectivity index (χ1v) is 15.7. The van der Waals surface area contributed by atoms with Crippen LogP contribution in [0.1, 0.15) is 118 Å². The van der Waals surface area contributed by atoms with Crippen molar-refractivity contribution >= 4 is 5.97 Å². The van der Waals surface area contributed by atoms with Gasteiger partial charge in [0, 0.05) is 24.6 Å². The van der Waals surface area contributed by atoms with Crippen LogP contribution >= 0.6 is 0 Å². The highest BCUT2D eigenvalue weighted by molar-refractivity contribution is 5.91. The molecule has 0 N–H and O–H groups in total. The number of halogens is 3. The summed E-state index contributed by atoms with van der Waals surface area (Å²) in [5, 5.41) is 0. The van der Waals surface area contributed by atoms with E-state index in [2.05, 4.69) is 16.9 Å². The molecule has 8 heteroatoms. The lowest BCUT2D eigenvalue weighted by atomic mass is 10.1. The summed E-state index contributed by atoms with van der Waals surface area (Å²) in [6.07, 6.45) is 11.7. The van der Waals surface area contributed by atoms with E-state index >= 15 is 0 Å². The number of ether oxygens (including phenoxy) is 2. The Balaban J connectivity index is 1.48. The van der Waals surface area contributed by atoms with E-state index < -0.39 is 18.2 Å². The maximum atomic E-state index is 13.6. The molecule has 234 valence electrons. The summed E-state index contributed by atoms with van der Waals surface area (Å²) in [5.74, 6) is 0.234. The molecule has 0 bridgehead atoms. The van der Waals surface area contributed by atoms with E-state index in [0.717, 1.165) is 43.2 Å². The van der Waals surface area contributed by atoms with Gasteiger partial charge >= 0.3 is 12.1 Å². The van der Waals surface area contributed by atoms with E-state index in [4.69, 9.17) is 9.47 Å². The minimum absolute atomic E-state index is 0.0262. The van der Waals surface area contributed by atoms with Gasteiger partial charge in [-0.3, -0.25) is 0 Å². The Morgan fingerprint density at radius 2 is 1.30 bits per heavy atom. The maximum Gasteiger partial charge on any atom is 0.418 e. The summed E-state index contributed by atoms with van der Waals surface area (Å²) < 4.78 is 51.4. The third kappa shape index (κ3) is 12.1. The molecule has 2 aromatic carbocycles. The molecule has 0 saturated heterocycles. The zero-order valence-electron chi connectivity index (χ0n) is 25.5. The van der Waals surface area contributed by atoms with Gasteiger partial charge in [0.1, 0.15) is 5.75 Å². The quantitative estimate of drug-likeness (QED) is 0.0780. The van der Waals surface area contributed by atoms with Crippen molar-refractivity contribution in [3.8, 4) is 17.1 Å². The van der Waals surface area contributed by atoms with Gasteiger partial charge in [0.05, 0.1) is 5.56 Å². The third-order valence-corrected chi connectivity index (χ3v) is 7.38. The van der Waals surface area contributed by atoms with Gasteiger partial charge in [-0.2, -0.15) is 13.2 Å². The molecular formula is C35H45F3N2O3. The third-order valence-electron chi connectivity index (χ3n) is 7.38. The standard InChI is InChI=1S/C35H45F3N2O3/c1-3-5-7-9-10-11-12-13-15-27-25-39-33(40-26-27)29-20-22-31(23-21-29)43-34(41)30-18-16-28(17-19-30)32(35(36,37)38)42-24-14-8-6-4-2/h16-23,25-26,32H,3-15,24H2,1-2H3. The van der Waals surface area contributed by atoms with Crippen molar-refractivity contribution in [2.24, 2.45) is 0 Å². The van der Waals surface area contributed by atoms with Gasteiger partial charge in [-0.05, 0) is 66.8 Å². The molecule has 43 heavy (non-hydrogen) atoms. The molecule has 0 aliphatic rings. The summed E-state index contributed by atoms with van der Waals surface area (Å²) in [6, 6.07) is 12.0. The van der Waals surface area contributed by atoms with E-state index in [1.807, 2.05) is 19.3 Å². The molecule has 0 saturated carbocycles. The summed E-state index contributed by atoms with van der Waals surface area (Å²) in [6.45, 7) is 4.30. The highest BCUT2D eigenvalue weighted by Crippen LogP contribution is 2.36. The lowest BCUT2D eigenvalue weighted by Gasteiger charge is -2.21. The molecule has 0 aliphatic heterocycles. The number of hydrogen-bond donors (Lipinski definition) is 0. The average molecular weight is 599 g/mol. The number of esters is 1. The van der Waals surface area contributed by atoms with Crippen LogP contribution in [0, 0.1) is 0 Å². The molecule has 0 spiro atoms. The lowest BCUT2D eigenvalue weighted by molar-refractivity contribution is -0.224. The summed E-state index contributed by atoms with van der Waals surface area (Å²) in [4.78, 5) is 21.6. The fraction of sp³-hybridized carbons (Fsp3) is 0.514. The van der Waals surface area contributed by atoms with Gasteiger partial charge in [0.2, 0.25) is 0 Å². The zero-order valence-corrected chi connectivity index (χ0v) is 25.5. The van der Waals surface area contributed by atoms with Gasteiger partial charge in [0.15, 0.2) is 11.9 Å². The first-order valence-electron chi connectivity index (χ1n) is 15.7. The Morgan fingerprint density at radius 3 is 1.88 bits per heavy atom. The van der Waals surface area contributed by atoms with Crippen LogP contribution in [-0.4, -0.2) is 28.7 Å². The highest BCUT2D eigenvalue weighted by atomic mass is 19.4. The van der Waals surface area contributed by atoms with Crippen molar-refractivity contribution in [3.05, 3.63) is 77.6 Å². The first-order chi connectivity index (χ1) is 20.8. The number of nitrogens with zero attached hydrogens (tertiary/aromatic N) is 2. The van der Waals surface area contributed by atoms with Crippen LogP contribution < -0.4 is 4.74 Å². The summed E-state index contributed by atoms with van der Waals surface area (Å²) in [7, 11) is 0. The molecule has 1 aromatic heterocycles. The summed E-state index contributed by atoms with van der Waals surface area (Å²) >= 11 is 0. The Hall–Kier alpha value is -3.26. The van der Waals surface area contributed by atoms with Gasteiger partial charge in [-0.25, -0.2) is 14.8 Å². The van der Waals surface area contributed by atoms with E-state index in [-0.39, 0.29) is 17.7 Å². The lowest BCUT2D eigenvalue weighted by Crippen LogP contribution is -2.24. The number of rotatable bonds is 19. The molecule has 1 unspecified atom stereocenters. The van der Waals surface area contributed by atoms with Gasteiger partial charge in [-0.1, -0.05) is 90.2 Å². The minimum atomic E-state index is -4.55. The second-order valence-electron chi connectivity index (χ2n) is 11.0. The molecular weight excluding hydrogens is 553 g/mol. The van der Waals surface area contributed by atoms with E-state index in [9.17, 15) is 18.0 Å². The Morgan fingerprint density at radius 1 is 0.744 bits per heavy atom. The maximum absolute atomic E-state index is 13.6. The fourth-order valence-electron chi connectivity index (χ4n) is 4.84. The number of benzene rings is 2. The van der Waals surface area contributed by atoms with Crippen molar-refractivity contribution in [1.82, 2.24) is 9.97 Å². The first kappa shape index (κ1) is 34.2. The van der Waals surface area contributed by atoms with Crippen LogP contribution in [0.15, 0.2) is 60.9 Å². The predicted octanol–water partition coefficient (Wildman–Crippen LogP) is 10.2. The minimum Gasteiger partial charge on any atom is -0.423 e. The molecule has 1 atom stereocenters. The van der Waals surface area contributed by atoms with E-state index in [1.165, 1.54) is 69.2 Å². The van der Waals surface area contributed by atoms with Gasteiger partial charge < -0.3 is 9.47 Å². The number of aryl methyl sites for hydroxylation is 1. The predicted molar refractivity (Wildman–Crippen MR) is 164 cm³/mol.